The lowest BCUT2D eigenvalue weighted by Crippen LogP contribution is -2.70. The van der Waals surface area contributed by atoms with Crippen LogP contribution in [-0.4, -0.2) is 55.1 Å². The number of oxazole rings is 1. The Bertz CT molecular complexity index is 1030. The molecule has 1 aromatic carbocycles. The van der Waals surface area contributed by atoms with Gasteiger partial charge in [-0.2, -0.15) is 4.98 Å². The van der Waals surface area contributed by atoms with Crippen molar-refractivity contribution in [2.45, 2.75) is 83.8 Å². The van der Waals surface area contributed by atoms with Gasteiger partial charge in [0.15, 0.2) is 11.1 Å². The molecule has 176 valence electrons. The van der Waals surface area contributed by atoms with Crippen molar-refractivity contribution in [1.82, 2.24) is 9.88 Å². The van der Waals surface area contributed by atoms with Crippen LogP contribution < -0.4 is 9.33 Å². The van der Waals surface area contributed by atoms with Crippen molar-refractivity contribution in [2.75, 3.05) is 18.0 Å². The minimum atomic E-state index is -2.02. The zero-order chi connectivity index (χ0) is 23.6. The standard InChI is InChI=1S/C23H34BrN3O4Si/c1-22(2,3)30-21(28)27-14-11-15(27)13-26(12-14)20-25-18-17(10-9-16(24)19(18)29-20)31-32(7,8)23(4,5)6/h9-10,14-15H,11-13H2,1-8H3. The second-order valence-corrected chi connectivity index (χ2v) is 17.0. The third-order valence-corrected chi connectivity index (χ3v) is 11.7. The van der Waals surface area contributed by atoms with Gasteiger partial charge in [-0.1, -0.05) is 20.8 Å². The van der Waals surface area contributed by atoms with Crippen molar-refractivity contribution in [3.05, 3.63) is 16.6 Å². The highest BCUT2D eigenvalue weighted by Gasteiger charge is 2.49. The van der Waals surface area contributed by atoms with Crippen LogP contribution in [0.3, 0.4) is 0 Å². The molecule has 0 saturated carbocycles. The zero-order valence-corrected chi connectivity index (χ0v) is 22.9. The number of anilines is 1. The van der Waals surface area contributed by atoms with Crippen molar-refractivity contribution in [3.63, 3.8) is 0 Å². The van der Waals surface area contributed by atoms with E-state index < -0.39 is 13.9 Å². The Morgan fingerprint density at radius 3 is 2.34 bits per heavy atom. The van der Waals surface area contributed by atoms with Crippen LogP contribution in [0.4, 0.5) is 10.8 Å². The van der Waals surface area contributed by atoms with Crippen LogP contribution in [0.5, 0.6) is 5.75 Å². The number of carbonyl (C=O) groups is 1. The van der Waals surface area contributed by atoms with Gasteiger partial charge in [-0.15, -0.1) is 0 Å². The van der Waals surface area contributed by atoms with E-state index in [0.717, 1.165) is 22.2 Å². The minimum absolute atomic E-state index is 0.0816. The lowest BCUT2D eigenvalue weighted by molar-refractivity contribution is -0.0386. The average molecular weight is 525 g/mol. The molecule has 5 rings (SSSR count). The molecule has 0 spiro atoms. The summed E-state index contributed by atoms with van der Waals surface area (Å²) >= 11 is 3.60. The normalized spacial score (nSPS) is 21.5. The van der Waals surface area contributed by atoms with Crippen LogP contribution in [0.15, 0.2) is 21.0 Å². The number of piperazine rings is 1. The van der Waals surface area contributed by atoms with Crippen molar-refractivity contribution < 1.29 is 18.4 Å². The van der Waals surface area contributed by atoms with Crippen LogP contribution in [0, 0.1) is 0 Å². The molecule has 4 heterocycles. The van der Waals surface area contributed by atoms with Gasteiger partial charge in [-0.3, -0.25) is 4.90 Å². The fourth-order valence-electron chi connectivity index (χ4n) is 3.97. The van der Waals surface area contributed by atoms with Gasteiger partial charge in [0, 0.05) is 13.1 Å². The Morgan fingerprint density at radius 2 is 1.78 bits per heavy atom. The SMILES string of the molecule is CC(C)(C)OC(=O)N1C2CC1CN(c1nc3c(O[Si](C)(C)C(C)(C)C)ccc(Br)c3o1)C2. The highest BCUT2D eigenvalue weighted by molar-refractivity contribution is 9.10. The molecule has 0 N–H and O–H groups in total. The first-order chi connectivity index (χ1) is 14.7. The quantitative estimate of drug-likeness (QED) is 0.447. The Balaban J connectivity index is 1.56. The maximum absolute atomic E-state index is 12.6. The summed E-state index contributed by atoms with van der Waals surface area (Å²) in [5.74, 6) is 0.766. The van der Waals surface area contributed by atoms with Gasteiger partial charge in [-0.25, -0.2) is 4.79 Å². The van der Waals surface area contributed by atoms with E-state index in [0.29, 0.717) is 24.7 Å². The summed E-state index contributed by atoms with van der Waals surface area (Å²) in [5.41, 5.74) is 0.940. The number of fused-ring (bicyclic) bond motifs is 3. The lowest BCUT2D eigenvalue weighted by Gasteiger charge is -2.55. The van der Waals surface area contributed by atoms with Gasteiger partial charge in [-0.05, 0) is 73.4 Å². The van der Waals surface area contributed by atoms with Crippen molar-refractivity contribution in [2.24, 2.45) is 0 Å². The number of hydrogen-bond donors (Lipinski definition) is 0. The van der Waals surface area contributed by atoms with Gasteiger partial charge in [0.05, 0.1) is 16.6 Å². The van der Waals surface area contributed by atoms with E-state index in [4.69, 9.17) is 18.6 Å². The van der Waals surface area contributed by atoms with Gasteiger partial charge < -0.3 is 18.5 Å². The molecule has 0 aliphatic carbocycles. The maximum atomic E-state index is 12.6. The van der Waals surface area contributed by atoms with Crippen molar-refractivity contribution in [3.8, 4) is 5.75 Å². The van der Waals surface area contributed by atoms with E-state index in [1.165, 1.54) is 0 Å². The predicted octanol–water partition coefficient (Wildman–Crippen LogP) is 6.17. The second kappa shape index (κ2) is 7.65. The molecule has 2 aromatic rings. The number of piperidine rings is 1. The summed E-state index contributed by atoms with van der Waals surface area (Å²) in [6.45, 7) is 18.2. The number of carbonyl (C=O) groups excluding carboxylic acids is 1. The summed E-state index contributed by atoms with van der Waals surface area (Å²) in [6.07, 6.45) is 0.753. The molecule has 2 unspecified atom stereocenters. The third-order valence-electron chi connectivity index (χ3n) is 6.69. The topological polar surface area (TPSA) is 68.0 Å². The summed E-state index contributed by atoms with van der Waals surface area (Å²) < 4.78 is 19.2. The van der Waals surface area contributed by atoms with Crippen LogP contribution >= 0.6 is 15.9 Å². The van der Waals surface area contributed by atoms with E-state index in [-0.39, 0.29) is 23.2 Å². The minimum Gasteiger partial charge on any atom is -0.542 e. The molecular weight excluding hydrogens is 490 g/mol. The van der Waals surface area contributed by atoms with E-state index in [2.05, 4.69) is 54.7 Å². The first kappa shape index (κ1) is 23.4. The monoisotopic (exact) mass is 523 g/mol. The number of amides is 1. The third kappa shape index (κ3) is 4.25. The van der Waals surface area contributed by atoms with Crippen LogP contribution in [0.1, 0.15) is 48.0 Å². The van der Waals surface area contributed by atoms with Crippen LogP contribution in [0.25, 0.3) is 11.1 Å². The highest BCUT2D eigenvalue weighted by atomic mass is 79.9. The molecule has 3 fully saturated rings. The van der Waals surface area contributed by atoms with Crippen LogP contribution in [0.2, 0.25) is 18.1 Å². The molecule has 9 heteroatoms. The first-order valence-electron chi connectivity index (χ1n) is 11.2. The fraction of sp³-hybridized carbons (Fsp3) is 0.652. The lowest BCUT2D eigenvalue weighted by atomic mass is 9.88. The van der Waals surface area contributed by atoms with E-state index >= 15 is 0 Å². The van der Waals surface area contributed by atoms with Crippen LogP contribution in [-0.2, 0) is 4.74 Å². The summed E-state index contributed by atoms with van der Waals surface area (Å²) in [7, 11) is -2.02. The van der Waals surface area contributed by atoms with E-state index in [9.17, 15) is 4.79 Å². The summed E-state index contributed by atoms with van der Waals surface area (Å²) in [5, 5.41) is 0.0816. The highest BCUT2D eigenvalue weighted by Crippen LogP contribution is 2.42. The van der Waals surface area contributed by atoms with Crippen molar-refractivity contribution in [1.29, 1.82) is 0 Å². The maximum Gasteiger partial charge on any atom is 0.410 e. The number of halogens is 1. The number of aromatic nitrogens is 1. The predicted molar refractivity (Wildman–Crippen MR) is 132 cm³/mol. The Morgan fingerprint density at radius 1 is 1.16 bits per heavy atom. The molecule has 7 nitrogen and oxygen atoms in total. The largest absolute Gasteiger partial charge is 0.542 e. The summed E-state index contributed by atoms with van der Waals surface area (Å²) in [4.78, 5) is 21.4. The van der Waals surface area contributed by atoms with Gasteiger partial charge in [0.25, 0.3) is 14.3 Å². The average Bonchev–Trinajstić information content (AvgIpc) is 3.08. The summed E-state index contributed by atoms with van der Waals surface area (Å²) in [6, 6.07) is 4.73. The Hall–Kier alpha value is -1.74. The van der Waals surface area contributed by atoms with E-state index in [1.54, 1.807) is 0 Å². The molecule has 2 bridgehead atoms. The number of nitrogens with zero attached hydrogens (tertiary/aromatic N) is 3. The molecule has 3 saturated heterocycles. The molecule has 3 aliphatic heterocycles. The molecule has 2 atom stereocenters. The number of benzene rings is 1. The molecule has 32 heavy (non-hydrogen) atoms. The number of rotatable bonds is 3. The molecular formula is C23H34BrN3O4Si. The number of ether oxygens (including phenoxy) is 1. The van der Waals surface area contributed by atoms with E-state index in [1.807, 2.05) is 37.8 Å². The molecule has 0 radical (unpaired) electrons. The molecule has 1 aromatic heterocycles. The first-order valence-corrected chi connectivity index (χ1v) is 14.9. The Labute approximate surface area is 199 Å². The smallest absolute Gasteiger partial charge is 0.410 e. The fourth-order valence-corrected chi connectivity index (χ4v) is 5.39. The zero-order valence-electron chi connectivity index (χ0n) is 20.3. The molecule has 3 aliphatic rings. The van der Waals surface area contributed by atoms with Gasteiger partial charge >= 0.3 is 6.09 Å². The van der Waals surface area contributed by atoms with Gasteiger partial charge in [0.1, 0.15) is 11.4 Å². The molecule has 1 amide bonds. The van der Waals surface area contributed by atoms with Gasteiger partial charge in [0.2, 0.25) is 0 Å². The second-order valence-electron chi connectivity index (χ2n) is 11.4. The Kier molecular flexibility index (Phi) is 5.60. The van der Waals surface area contributed by atoms with Crippen molar-refractivity contribution >= 4 is 47.5 Å². The number of hydrogen-bond acceptors (Lipinski definition) is 6.